The Balaban J connectivity index is 1.61. The summed E-state index contributed by atoms with van der Waals surface area (Å²) in [5.74, 6) is 1.59. The van der Waals surface area contributed by atoms with Crippen LogP contribution in [0.1, 0.15) is 58.3 Å². The zero-order valence-electron chi connectivity index (χ0n) is 10.6. The van der Waals surface area contributed by atoms with Crippen LogP contribution >= 0.6 is 0 Å². The molecule has 0 amide bonds. The fourth-order valence-electron chi connectivity index (χ4n) is 3.21. The highest BCUT2D eigenvalue weighted by Gasteiger charge is 2.24. The topological polar surface area (TPSA) is 32.3 Å². The van der Waals surface area contributed by atoms with Gasteiger partial charge < -0.3 is 10.4 Å². The summed E-state index contributed by atoms with van der Waals surface area (Å²) < 4.78 is 0. The molecule has 0 aliphatic heterocycles. The zero-order valence-corrected chi connectivity index (χ0v) is 10.6. The van der Waals surface area contributed by atoms with E-state index in [4.69, 9.17) is 5.11 Å². The highest BCUT2D eigenvalue weighted by molar-refractivity contribution is 4.81. The Morgan fingerprint density at radius 3 is 2.25 bits per heavy atom. The molecule has 1 atom stereocenters. The predicted octanol–water partition coefficient (Wildman–Crippen LogP) is 2.71. The summed E-state index contributed by atoms with van der Waals surface area (Å²) in [6, 6.07) is 1.42. The van der Waals surface area contributed by atoms with E-state index in [0.29, 0.717) is 18.6 Å². The summed E-state index contributed by atoms with van der Waals surface area (Å²) in [6.07, 6.45) is 10.7. The van der Waals surface area contributed by atoms with Crippen LogP contribution in [0.15, 0.2) is 0 Å². The Labute approximate surface area is 99.8 Å². The molecular formula is C14H27NO. The molecule has 0 bridgehead atoms. The van der Waals surface area contributed by atoms with Crippen LogP contribution in [0.3, 0.4) is 0 Å². The monoisotopic (exact) mass is 225 g/mol. The van der Waals surface area contributed by atoms with Gasteiger partial charge in [-0.15, -0.1) is 0 Å². The van der Waals surface area contributed by atoms with Gasteiger partial charge in [0.05, 0.1) is 0 Å². The first-order chi connectivity index (χ1) is 7.78. The molecule has 2 aliphatic carbocycles. The number of aliphatic hydroxyl groups excluding tert-OH is 1. The third-order valence-electron chi connectivity index (χ3n) is 4.54. The SMILES string of the molecule is CC(CC1CCC1)NC1CCC(CO)CC1. The molecule has 16 heavy (non-hydrogen) atoms. The van der Waals surface area contributed by atoms with Gasteiger partial charge in [0.25, 0.3) is 0 Å². The Hall–Kier alpha value is -0.0800. The molecule has 0 heterocycles. The van der Waals surface area contributed by atoms with E-state index >= 15 is 0 Å². The van der Waals surface area contributed by atoms with Crippen LogP contribution in [0.2, 0.25) is 0 Å². The molecule has 0 spiro atoms. The van der Waals surface area contributed by atoms with Gasteiger partial charge in [-0.3, -0.25) is 0 Å². The van der Waals surface area contributed by atoms with E-state index in [1.807, 2.05) is 0 Å². The van der Waals surface area contributed by atoms with Crippen LogP contribution in [0.5, 0.6) is 0 Å². The number of nitrogens with one attached hydrogen (secondary N) is 1. The molecule has 0 radical (unpaired) electrons. The molecule has 2 aliphatic rings. The zero-order chi connectivity index (χ0) is 11.4. The van der Waals surface area contributed by atoms with Crippen molar-refractivity contribution in [1.29, 1.82) is 0 Å². The van der Waals surface area contributed by atoms with Gasteiger partial charge in [-0.1, -0.05) is 19.3 Å². The maximum Gasteiger partial charge on any atom is 0.0459 e. The van der Waals surface area contributed by atoms with Crippen LogP contribution in [-0.2, 0) is 0 Å². The Morgan fingerprint density at radius 1 is 1.06 bits per heavy atom. The first-order valence-corrected chi connectivity index (χ1v) is 7.15. The van der Waals surface area contributed by atoms with E-state index < -0.39 is 0 Å². The van der Waals surface area contributed by atoms with Gasteiger partial charge in [-0.05, 0) is 50.9 Å². The van der Waals surface area contributed by atoms with E-state index in [9.17, 15) is 0 Å². The Morgan fingerprint density at radius 2 is 1.75 bits per heavy atom. The van der Waals surface area contributed by atoms with E-state index in [2.05, 4.69) is 12.2 Å². The number of hydrogen-bond acceptors (Lipinski definition) is 2. The van der Waals surface area contributed by atoms with E-state index in [1.165, 1.54) is 51.4 Å². The minimum atomic E-state index is 0.393. The second kappa shape index (κ2) is 6.02. The molecule has 0 saturated heterocycles. The second-order valence-electron chi connectivity index (χ2n) is 6.00. The number of rotatable bonds is 5. The van der Waals surface area contributed by atoms with Crippen molar-refractivity contribution in [2.75, 3.05) is 6.61 Å². The predicted molar refractivity (Wildman–Crippen MR) is 67.4 cm³/mol. The first-order valence-electron chi connectivity index (χ1n) is 7.15. The Kier molecular flexibility index (Phi) is 4.66. The molecule has 2 heteroatoms. The quantitative estimate of drug-likeness (QED) is 0.754. The highest BCUT2D eigenvalue weighted by atomic mass is 16.3. The molecule has 0 aromatic heterocycles. The van der Waals surface area contributed by atoms with Crippen LogP contribution in [-0.4, -0.2) is 23.8 Å². The summed E-state index contributed by atoms with van der Waals surface area (Å²) in [7, 11) is 0. The van der Waals surface area contributed by atoms with E-state index in [0.717, 1.165) is 12.0 Å². The fraction of sp³-hybridized carbons (Fsp3) is 1.00. The van der Waals surface area contributed by atoms with Gasteiger partial charge in [-0.25, -0.2) is 0 Å². The lowest BCUT2D eigenvalue weighted by Crippen LogP contribution is -2.40. The van der Waals surface area contributed by atoms with Crippen LogP contribution in [0.4, 0.5) is 0 Å². The molecular weight excluding hydrogens is 198 g/mol. The van der Waals surface area contributed by atoms with Crippen molar-refractivity contribution in [3.05, 3.63) is 0 Å². The molecule has 2 rings (SSSR count). The molecule has 2 fully saturated rings. The van der Waals surface area contributed by atoms with E-state index in [1.54, 1.807) is 0 Å². The number of hydrogen-bond donors (Lipinski definition) is 2. The maximum atomic E-state index is 9.10. The van der Waals surface area contributed by atoms with Gasteiger partial charge in [0.1, 0.15) is 0 Å². The van der Waals surface area contributed by atoms with Crippen LogP contribution in [0.25, 0.3) is 0 Å². The summed E-state index contributed by atoms with van der Waals surface area (Å²) in [6.45, 7) is 2.74. The maximum absolute atomic E-state index is 9.10. The summed E-state index contributed by atoms with van der Waals surface area (Å²) in [5.41, 5.74) is 0. The summed E-state index contributed by atoms with van der Waals surface area (Å²) in [5, 5.41) is 12.9. The third-order valence-corrected chi connectivity index (χ3v) is 4.54. The minimum absolute atomic E-state index is 0.393. The molecule has 0 aromatic rings. The average molecular weight is 225 g/mol. The minimum Gasteiger partial charge on any atom is -0.396 e. The van der Waals surface area contributed by atoms with E-state index in [-0.39, 0.29) is 0 Å². The first kappa shape index (κ1) is 12.4. The molecule has 0 aromatic carbocycles. The van der Waals surface area contributed by atoms with Crippen molar-refractivity contribution in [3.8, 4) is 0 Å². The van der Waals surface area contributed by atoms with Crippen molar-refractivity contribution >= 4 is 0 Å². The summed E-state index contributed by atoms with van der Waals surface area (Å²) >= 11 is 0. The lowest BCUT2D eigenvalue weighted by molar-refractivity contribution is 0.168. The largest absolute Gasteiger partial charge is 0.396 e. The third kappa shape index (κ3) is 3.46. The summed E-state index contributed by atoms with van der Waals surface area (Å²) in [4.78, 5) is 0. The molecule has 2 nitrogen and oxygen atoms in total. The van der Waals surface area contributed by atoms with Gasteiger partial charge in [-0.2, -0.15) is 0 Å². The van der Waals surface area contributed by atoms with Crippen molar-refractivity contribution in [1.82, 2.24) is 5.32 Å². The normalized spacial score (nSPS) is 33.4. The van der Waals surface area contributed by atoms with Crippen molar-refractivity contribution in [3.63, 3.8) is 0 Å². The Bertz CT molecular complexity index is 195. The smallest absolute Gasteiger partial charge is 0.0459 e. The van der Waals surface area contributed by atoms with Gasteiger partial charge in [0, 0.05) is 18.7 Å². The highest BCUT2D eigenvalue weighted by Crippen LogP contribution is 2.31. The second-order valence-corrected chi connectivity index (χ2v) is 6.00. The van der Waals surface area contributed by atoms with Gasteiger partial charge >= 0.3 is 0 Å². The molecule has 94 valence electrons. The van der Waals surface area contributed by atoms with Crippen LogP contribution in [0, 0.1) is 11.8 Å². The average Bonchev–Trinajstić information content (AvgIpc) is 2.25. The van der Waals surface area contributed by atoms with Crippen LogP contribution < -0.4 is 5.32 Å². The fourth-order valence-corrected chi connectivity index (χ4v) is 3.21. The molecule has 2 saturated carbocycles. The molecule has 2 N–H and O–H groups in total. The standard InChI is InChI=1S/C14H27NO/c1-11(9-12-3-2-4-12)15-14-7-5-13(10-16)6-8-14/h11-16H,2-10H2,1H3. The van der Waals surface area contributed by atoms with Crippen molar-refractivity contribution < 1.29 is 5.11 Å². The van der Waals surface area contributed by atoms with Gasteiger partial charge in [0.15, 0.2) is 0 Å². The lowest BCUT2D eigenvalue weighted by atomic mass is 9.80. The lowest BCUT2D eigenvalue weighted by Gasteiger charge is -2.33. The van der Waals surface area contributed by atoms with Crippen molar-refractivity contribution in [2.24, 2.45) is 11.8 Å². The van der Waals surface area contributed by atoms with Gasteiger partial charge in [0.2, 0.25) is 0 Å². The van der Waals surface area contributed by atoms with Crippen molar-refractivity contribution in [2.45, 2.75) is 70.4 Å². The molecule has 1 unspecified atom stereocenters. The number of aliphatic hydroxyl groups is 1.